The first-order valence-electron chi connectivity index (χ1n) is 6.36. The Morgan fingerprint density at radius 1 is 1.40 bits per heavy atom. The maximum atomic E-state index is 12.0. The Hall–Kier alpha value is -2.34. The van der Waals surface area contributed by atoms with Crippen LogP contribution in [0.3, 0.4) is 0 Å². The van der Waals surface area contributed by atoms with Gasteiger partial charge in [-0.1, -0.05) is 12.1 Å². The van der Waals surface area contributed by atoms with Crippen molar-refractivity contribution in [2.45, 2.75) is 13.5 Å². The molecule has 1 aromatic heterocycles. The van der Waals surface area contributed by atoms with Gasteiger partial charge in [-0.3, -0.25) is 4.79 Å². The average Bonchev–Trinajstić information content (AvgIpc) is 2.43. The molecule has 0 saturated carbocycles. The lowest BCUT2D eigenvalue weighted by molar-refractivity contribution is 0.337. The topological polar surface area (TPSA) is 76.4 Å². The molecule has 0 bridgehead atoms. The van der Waals surface area contributed by atoms with Crippen molar-refractivity contribution in [3.05, 3.63) is 46.4 Å². The van der Waals surface area contributed by atoms with E-state index < -0.39 is 5.56 Å². The van der Waals surface area contributed by atoms with E-state index in [1.54, 1.807) is 25.2 Å². The van der Waals surface area contributed by atoms with Gasteiger partial charge in [0.15, 0.2) is 0 Å². The number of aromatic nitrogens is 2. The second-order valence-electron chi connectivity index (χ2n) is 4.16. The van der Waals surface area contributed by atoms with Crippen LogP contribution in [-0.4, -0.2) is 28.5 Å². The summed E-state index contributed by atoms with van der Waals surface area (Å²) in [7, 11) is 1.74. The third-order valence-corrected chi connectivity index (χ3v) is 2.72. The molecule has 6 nitrogen and oxygen atoms in total. The molecule has 0 aliphatic carbocycles. The lowest BCUT2D eigenvalue weighted by Gasteiger charge is -2.12. The maximum Gasteiger partial charge on any atom is 0.275 e. The highest BCUT2D eigenvalue weighted by Gasteiger charge is 2.12. The highest BCUT2D eigenvalue weighted by molar-refractivity contribution is 5.46. The van der Waals surface area contributed by atoms with Gasteiger partial charge in [0.2, 0.25) is 0 Å². The molecule has 1 aromatic carbocycles. The van der Waals surface area contributed by atoms with Crippen LogP contribution in [0.5, 0.6) is 11.5 Å². The van der Waals surface area contributed by atoms with E-state index in [0.717, 1.165) is 6.07 Å². The number of ether oxygens (including phenoxy) is 1. The van der Waals surface area contributed by atoms with Gasteiger partial charge in [0.25, 0.3) is 5.56 Å². The van der Waals surface area contributed by atoms with E-state index in [-0.39, 0.29) is 5.75 Å². The molecule has 6 heteroatoms. The fourth-order valence-corrected chi connectivity index (χ4v) is 1.86. The Morgan fingerprint density at radius 2 is 2.15 bits per heavy atom. The van der Waals surface area contributed by atoms with Crippen LogP contribution in [0.4, 0.5) is 0 Å². The van der Waals surface area contributed by atoms with Crippen molar-refractivity contribution in [2.24, 2.45) is 0 Å². The summed E-state index contributed by atoms with van der Waals surface area (Å²) in [6, 6.07) is 8.31. The molecular formula is C14H17N3O3. The van der Waals surface area contributed by atoms with Gasteiger partial charge in [0.05, 0.1) is 6.61 Å². The number of benzene rings is 1. The molecule has 20 heavy (non-hydrogen) atoms. The Morgan fingerprint density at radius 3 is 2.85 bits per heavy atom. The summed E-state index contributed by atoms with van der Waals surface area (Å²) in [4.78, 5) is 12.0. The summed E-state index contributed by atoms with van der Waals surface area (Å²) in [5.41, 5.74) is 0.546. The van der Waals surface area contributed by atoms with E-state index in [1.807, 2.05) is 13.0 Å². The van der Waals surface area contributed by atoms with Crippen molar-refractivity contribution in [1.29, 1.82) is 0 Å². The molecular weight excluding hydrogens is 258 g/mol. The number of para-hydroxylation sites is 2. The van der Waals surface area contributed by atoms with Gasteiger partial charge < -0.3 is 15.2 Å². The van der Waals surface area contributed by atoms with Gasteiger partial charge in [-0.05, 0) is 26.1 Å². The first-order valence-corrected chi connectivity index (χ1v) is 6.36. The molecule has 106 valence electrons. The molecule has 2 rings (SSSR count). The Kier molecular flexibility index (Phi) is 4.37. The molecule has 0 radical (unpaired) electrons. The van der Waals surface area contributed by atoms with E-state index >= 15 is 0 Å². The van der Waals surface area contributed by atoms with Crippen molar-refractivity contribution in [3.8, 4) is 17.2 Å². The quantitative estimate of drug-likeness (QED) is 0.853. The van der Waals surface area contributed by atoms with E-state index in [1.165, 1.54) is 4.68 Å². The Bertz CT molecular complexity index is 652. The second kappa shape index (κ2) is 6.21. The molecule has 0 saturated heterocycles. The standard InChI is InChI=1S/C14H17N3O3/c1-3-20-13-7-5-4-6-11(13)17-14(19)8-12(18)10(16-17)9-15-2/h4-8,15,18H,3,9H2,1-2H3. The maximum absolute atomic E-state index is 12.0. The zero-order valence-corrected chi connectivity index (χ0v) is 11.5. The predicted molar refractivity (Wildman–Crippen MR) is 75.4 cm³/mol. The van der Waals surface area contributed by atoms with Gasteiger partial charge in [-0.2, -0.15) is 9.78 Å². The summed E-state index contributed by atoms with van der Waals surface area (Å²) < 4.78 is 6.73. The fraction of sp³-hybridized carbons (Fsp3) is 0.286. The molecule has 0 aliphatic heterocycles. The predicted octanol–water partition coefficient (Wildman–Crippen LogP) is 1.06. The molecule has 1 heterocycles. The lowest BCUT2D eigenvalue weighted by atomic mass is 10.3. The van der Waals surface area contributed by atoms with E-state index in [0.29, 0.717) is 30.3 Å². The van der Waals surface area contributed by atoms with Crippen LogP contribution in [0.15, 0.2) is 35.1 Å². The van der Waals surface area contributed by atoms with Crippen molar-refractivity contribution in [3.63, 3.8) is 0 Å². The van der Waals surface area contributed by atoms with Crippen molar-refractivity contribution < 1.29 is 9.84 Å². The summed E-state index contributed by atoms with van der Waals surface area (Å²) in [5, 5.41) is 16.8. The van der Waals surface area contributed by atoms with Gasteiger partial charge in [0, 0.05) is 12.6 Å². The van der Waals surface area contributed by atoms with E-state index in [2.05, 4.69) is 10.4 Å². The normalized spacial score (nSPS) is 10.5. The first kappa shape index (κ1) is 14.1. The molecule has 0 aliphatic rings. The third-order valence-electron chi connectivity index (χ3n) is 2.72. The van der Waals surface area contributed by atoms with Crippen LogP contribution < -0.4 is 15.6 Å². The van der Waals surface area contributed by atoms with Gasteiger partial charge in [-0.25, -0.2) is 0 Å². The van der Waals surface area contributed by atoms with Crippen LogP contribution in [0.1, 0.15) is 12.6 Å². The highest BCUT2D eigenvalue weighted by atomic mass is 16.5. The van der Waals surface area contributed by atoms with Crippen LogP contribution >= 0.6 is 0 Å². The van der Waals surface area contributed by atoms with Gasteiger partial charge in [-0.15, -0.1) is 0 Å². The Labute approximate surface area is 116 Å². The van der Waals surface area contributed by atoms with Crippen molar-refractivity contribution in [1.82, 2.24) is 15.1 Å². The molecule has 2 aromatic rings. The highest BCUT2D eigenvalue weighted by Crippen LogP contribution is 2.21. The van der Waals surface area contributed by atoms with Crippen LogP contribution in [0, 0.1) is 0 Å². The first-order chi connectivity index (χ1) is 9.67. The van der Waals surface area contributed by atoms with E-state index in [9.17, 15) is 9.90 Å². The minimum atomic E-state index is -0.408. The molecule has 2 N–H and O–H groups in total. The zero-order chi connectivity index (χ0) is 14.5. The second-order valence-corrected chi connectivity index (χ2v) is 4.16. The molecule has 0 spiro atoms. The molecule has 0 amide bonds. The summed E-state index contributed by atoms with van der Waals surface area (Å²) >= 11 is 0. The molecule has 0 fully saturated rings. The number of hydrogen-bond acceptors (Lipinski definition) is 5. The van der Waals surface area contributed by atoms with Crippen LogP contribution in [-0.2, 0) is 6.54 Å². The smallest absolute Gasteiger partial charge is 0.275 e. The minimum Gasteiger partial charge on any atom is -0.506 e. The largest absolute Gasteiger partial charge is 0.506 e. The molecule has 0 unspecified atom stereocenters. The van der Waals surface area contributed by atoms with Crippen molar-refractivity contribution >= 4 is 0 Å². The van der Waals surface area contributed by atoms with Gasteiger partial charge >= 0.3 is 0 Å². The summed E-state index contributed by atoms with van der Waals surface area (Å²) in [5.74, 6) is 0.459. The lowest BCUT2D eigenvalue weighted by Crippen LogP contribution is -2.23. The monoisotopic (exact) mass is 275 g/mol. The fourth-order valence-electron chi connectivity index (χ4n) is 1.86. The number of aromatic hydroxyl groups is 1. The van der Waals surface area contributed by atoms with Crippen LogP contribution in [0.2, 0.25) is 0 Å². The molecule has 0 atom stereocenters. The number of rotatable bonds is 5. The number of nitrogens with one attached hydrogen (secondary N) is 1. The van der Waals surface area contributed by atoms with Crippen LogP contribution in [0.25, 0.3) is 5.69 Å². The SMILES string of the molecule is CCOc1ccccc1-n1nc(CNC)c(O)cc1=O. The number of hydrogen-bond donors (Lipinski definition) is 2. The van der Waals surface area contributed by atoms with Crippen molar-refractivity contribution in [2.75, 3.05) is 13.7 Å². The minimum absolute atomic E-state index is 0.116. The Balaban J connectivity index is 2.57. The third kappa shape index (κ3) is 2.80. The van der Waals surface area contributed by atoms with Gasteiger partial charge in [0.1, 0.15) is 22.9 Å². The number of nitrogens with zero attached hydrogens (tertiary/aromatic N) is 2. The summed E-state index contributed by atoms with van der Waals surface area (Å²) in [6.45, 7) is 2.73. The van der Waals surface area contributed by atoms with E-state index in [4.69, 9.17) is 4.74 Å². The zero-order valence-electron chi connectivity index (χ0n) is 11.5. The average molecular weight is 275 g/mol. The summed E-state index contributed by atoms with van der Waals surface area (Å²) in [6.07, 6.45) is 0.